The van der Waals surface area contributed by atoms with Crippen LogP contribution in [0.5, 0.6) is 23.3 Å². The number of methoxy groups -OCH3 is 2. The van der Waals surface area contributed by atoms with Gasteiger partial charge in [0.25, 0.3) is 0 Å². The molecular formula is C48H56IN6O4-. The Morgan fingerprint density at radius 3 is 1.80 bits per heavy atom. The number of hydrogen-bond acceptors (Lipinski definition) is 10. The van der Waals surface area contributed by atoms with Crippen molar-refractivity contribution in [1.29, 1.82) is 0 Å². The SMILES string of the molecule is CCC1C[C@@H]([C@H](Oc2nnc(O[C@H](c3ccnc4ccc(OC)cc34)[C@@H]3[I-]C4CCN3CC4CC)c3ccccc23)c2ccnc3ccc(OC)cc23)N(C)CC1CC. The van der Waals surface area contributed by atoms with E-state index < -0.39 is 0 Å². The average Bonchev–Trinajstić information content (AvgIpc) is 3.29. The predicted molar refractivity (Wildman–Crippen MR) is 229 cm³/mol. The molecule has 0 spiro atoms. The second-order valence-corrected chi connectivity index (χ2v) is 20.1. The number of rotatable bonds is 13. The number of ether oxygens (including phenoxy) is 4. The fraction of sp³-hybridized carbons (Fsp3) is 0.458. The van der Waals surface area contributed by atoms with Crippen LogP contribution in [0.1, 0.15) is 76.2 Å². The number of aromatic nitrogens is 4. The molecule has 7 heterocycles. The normalized spacial score (nSPS) is 25.7. The van der Waals surface area contributed by atoms with Gasteiger partial charge in [-0.3, -0.25) is 4.98 Å². The molecular weight excluding hydrogens is 851 g/mol. The van der Waals surface area contributed by atoms with E-state index in [0.717, 1.165) is 104 Å². The van der Waals surface area contributed by atoms with Gasteiger partial charge in [-0.25, -0.2) is 0 Å². The number of benzene rings is 3. The zero-order valence-electron chi connectivity index (χ0n) is 35.1. The molecule has 0 aliphatic carbocycles. The number of pyridine rings is 2. The van der Waals surface area contributed by atoms with E-state index in [9.17, 15) is 0 Å². The van der Waals surface area contributed by atoms with Crippen molar-refractivity contribution in [3.05, 3.63) is 96.3 Å². The van der Waals surface area contributed by atoms with Crippen molar-refractivity contribution in [3.63, 3.8) is 0 Å². The van der Waals surface area contributed by atoms with Crippen molar-refractivity contribution >= 4 is 32.6 Å². The third kappa shape index (κ3) is 7.67. The maximum atomic E-state index is 7.33. The topological polar surface area (TPSA) is 95.0 Å². The van der Waals surface area contributed by atoms with Gasteiger partial charge in [0.2, 0.25) is 0 Å². The predicted octanol–water partition coefficient (Wildman–Crippen LogP) is 6.27. The molecule has 0 amide bonds. The fourth-order valence-electron chi connectivity index (χ4n) is 10.1. The van der Waals surface area contributed by atoms with Crippen LogP contribution in [0.2, 0.25) is 0 Å². The maximum absolute atomic E-state index is 7.33. The van der Waals surface area contributed by atoms with Crippen molar-refractivity contribution in [2.24, 2.45) is 17.8 Å². The van der Waals surface area contributed by atoms with Gasteiger partial charge in [-0.1, -0.05) is 26.7 Å². The molecule has 3 aromatic carbocycles. The molecule has 4 fully saturated rings. The molecule has 310 valence electrons. The van der Waals surface area contributed by atoms with Crippen LogP contribution in [0, 0.1) is 17.8 Å². The molecule has 4 saturated heterocycles. The van der Waals surface area contributed by atoms with Crippen molar-refractivity contribution in [2.75, 3.05) is 40.9 Å². The van der Waals surface area contributed by atoms with Crippen LogP contribution in [-0.2, 0) is 0 Å². The summed E-state index contributed by atoms with van der Waals surface area (Å²) in [5.41, 5.74) is 4.01. The molecule has 4 aliphatic heterocycles. The number of alkyl halides is 2. The Kier molecular flexibility index (Phi) is 11.8. The van der Waals surface area contributed by atoms with E-state index in [1.54, 1.807) is 14.2 Å². The first-order valence-corrected chi connectivity index (χ1v) is 23.9. The first-order chi connectivity index (χ1) is 28.9. The summed E-state index contributed by atoms with van der Waals surface area (Å²) in [7, 11) is 5.67. The summed E-state index contributed by atoms with van der Waals surface area (Å²) in [6, 6.07) is 24.8. The van der Waals surface area contributed by atoms with Crippen LogP contribution >= 0.6 is 0 Å². The zero-order chi connectivity index (χ0) is 40.6. The summed E-state index contributed by atoms with van der Waals surface area (Å²) < 4.78 is 27.1. The Hall–Kier alpha value is -4.33. The standard InChI is InChI=1S/C48H56IN6O4/c1-7-29-24-43(54(4)27-30(29)8-2)44(34-18-21-50-41-16-14-32(56-5)25-38(34)41)58-47-36-12-10-11-13-37(36)48(53-52-47)59-45(46-49-40-20-23-55(46)28-31(40)9-3)35-19-22-51-42-17-15-33(57-6)26-39(35)42/h10-19,21-22,25-26,29-31,40,43-46H,7-9,20,23-24,27-28H2,1-6H3/q-1/t29?,30?,31?,40?,43-,44+,45+,46+/m0/s1. The van der Waals surface area contributed by atoms with Crippen LogP contribution in [0.15, 0.2) is 85.2 Å². The molecule has 2 bridgehead atoms. The second-order valence-electron chi connectivity index (χ2n) is 16.5. The van der Waals surface area contributed by atoms with Gasteiger partial charge in [-0.2, -0.15) is 0 Å². The summed E-state index contributed by atoms with van der Waals surface area (Å²) in [4.78, 5) is 14.7. The van der Waals surface area contributed by atoms with Crippen molar-refractivity contribution in [3.8, 4) is 23.3 Å². The second kappa shape index (κ2) is 17.3. The van der Waals surface area contributed by atoms with E-state index >= 15 is 0 Å². The number of halogens is 1. The zero-order valence-corrected chi connectivity index (χ0v) is 37.2. The monoisotopic (exact) mass is 907 g/mol. The Morgan fingerprint density at radius 2 is 1.25 bits per heavy atom. The molecule has 5 unspecified atom stereocenters. The van der Waals surface area contributed by atoms with E-state index in [2.05, 4.69) is 86.1 Å². The van der Waals surface area contributed by atoms with Crippen LogP contribution in [0.25, 0.3) is 32.6 Å². The molecule has 59 heavy (non-hydrogen) atoms. The van der Waals surface area contributed by atoms with Gasteiger partial charge < -0.3 is 4.74 Å². The van der Waals surface area contributed by atoms with Gasteiger partial charge in [0.15, 0.2) is 0 Å². The van der Waals surface area contributed by atoms with E-state index in [1.807, 2.05) is 36.7 Å². The van der Waals surface area contributed by atoms with Crippen LogP contribution < -0.4 is 40.2 Å². The summed E-state index contributed by atoms with van der Waals surface area (Å²) in [5.74, 6) is 4.61. The molecule has 9 atom stereocenters. The first kappa shape index (κ1) is 40.1. The molecule has 4 aliphatic rings. The van der Waals surface area contributed by atoms with Crippen LogP contribution in [0.3, 0.4) is 0 Å². The summed E-state index contributed by atoms with van der Waals surface area (Å²) in [5, 5.41) is 13.7. The first-order valence-electron chi connectivity index (χ1n) is 21.4. The molecule has 0 radical (unpaired) electrons. The van der Waals surface area contributed by atoms with E-state index in [0.29, 0.717) is 23.6 Å². The van der Waals surface area contributed by atoms with Crippen LogP contribution in [0.4, 0.5) is 0 Å². The van der Waals surface area contributed by atoms with Gasteiger partial charge in [-0.15, -0.1) is 0 Å². The minimum atomic E-state index is -0.346. The Bertz CT molecular complexity index is 2430. The Labute approximate surface area is 358 Å². The smallest absolute Gasteiger partial charge is 0.0651 e. The Balaban J connectivity index is 1.14. The fourth-order valence-corrected chi connectivity index (χ4v) is 14.9. The third-order valence-electron chi connectivity index (χ3n) is 13.5. The summed E-state index contributed by atoms with van der Waals surface area (Å²) in [6.07, 6.45) is 9.03. The third-order valence-corrected chi connectivity index (χ3v) is 18.2. The number of likely N-dealkylation sites (N-methyl/N-ethyl adjacent to an activating group) is 1. The van der Waals surface area contributed by atoms with Crippen molar-refractivity contribution in [2.45, 2.75) is 79.1 Å². The van der Waals surface area contributed by atoms with E-state index in [1.165, 1.54) is 12.8 Å². The minimum absolute atomic E-state index is 0.101. The number of nitrogens with zero attached hydrogens (tertiary/aromatic N) is 6. The van der Waals surface area contributed by atoms with Gasteiger partial charge in [-0.05, 0) is 18.1 Å². The molecule has 11 heteroatoms. The number of hydrogen-bond donors (Lipinski definition) is 0. The molecule has 0 saturated carbocycles. The average molecular weight is 908 g/mol. The minimum Gasteiger partial charge on any atom is -0.0651 e. The number of piperidine rings is 2. The van der Waals surface area contributed by atoms with Gasteiger partial charge >= 0.3 is 293 Å². The number of likely N-dealkylation sites (tertiary alicyclic amines) is 1. The quantitative estimate of drug-likeness (QED) is 0.0751. The molecule has 0 N–H and O–H groups in total. The molecule has 6 aromatic rings. The van der Waals surface area contributed by atoms with Gasteiger partial charge in [0, 0.05) is 0 Å². The van der Waals surface area contributed by atoms with Gasteiger partial charge in [0.1, 0.15) is 5.75 Å². The summed E-state index contributed by atoms with van der Waals surface area (Å²) in [6.45, 7) is 10.2. The van der Waals surface area contributed by atoms with E-state index in [4.69, 9.17) is 39.1 Å². The van der Waals surface area contributed by atoms with E-state index in [-0.39, 0.29) is 43.5 Å². The summed E-state index contributed by atoms with van der Waals surface area (Å²) >= 11 is -0.219. The van der Waals surface area contributed by atoms with Gasteiger partial charge in [0.05, 0.1) is 7.11 Å². The molecule has 10 rings (SSSR count). The van der Waals surface area contributed by atoms with Crippen molar-refractivity contribution < 1.29 is 40.2 Å². The van der Waals surface area contributed by atoms with Crippen molar-refractivity contribution in [1.82, 2.24) is 30.0 Å². The van der Waals surface area contributed by atoms with Crippen LogP contribution in [-0.4, -0.2) is 84.9 Å². The number of fused-ring (bicyclic) bond motifs is 6. The molecule has 3 aromatic heterocycles. The molecule has 10 nitrogen and oxygen atoms in total. The Morgan fingerprint density at radius 1 is 0.678 bits per heavy atom.